The molecule has 0 unspecified atom stereocenters. The van der Waals surface area contributed by atoms with Gasteiger partial charge in [-0.05, 0) is 31.2 Å². The van der Waals surface area contributed by atoms with E-state index in [1.165, 1.54) is 37.6 Å². The topological polar surface area (TPSA) is 115 Å². The fourth-order valence-corrected chi connectivity index (χ4v) is 2.81. The monoisotopic (exact) mass is 394 g/mol. The number of halogens is 1. The van der Waals surface area contributed by atoms with Gasteiger partial charge in [-0.25, -0.2) is 14.1 Å². The number of H-pyrrole nitrogens is 1. The molecule has 0 saturated heterocycles. The molecular formula is C19H15FN6O3. The molecule has 0 aliphatic rings. The Bertz CT molecular complexity index is 1300. The number of amides is 1. The largest absolute Gasteiger partial charge is 0.453 e. The molecule has 1 aromatic carbocycles. The van der Waals surface area contributed by atoms with Crippen molar-refractivity contribution in [2.75, 3.05) is 5.32 Å². The van der Waals surface area contributed by atoms with E-state index >= 15 is 0 Å². The first-order chi connectivity index (χ1) is 13.9. The minimum atomic E-state index is -0.684. The Labute approximate surface area is 163 Å². The molecule has 0 radical (unpaired) electrons. The number of ether oxygens (including phenoxy) is 1. The molecule has 9 nitrogen and oxygen atoms in total. The van der Waals surface area contributed by atoms with Crippen LogP contribution in [0.5, 0.6) is 11.5 Å². The number of hydrogen-bond acceptors (Lipinski definition) is 6. The molecule has 1 amide bonds. The van der Waals surface area contributed by atoms with Crippen molar-refractivity contribution >= 4 is 22.6 Å². The number of nitrogens with zero attached hydrogens (tertiary/aromatic N) is 4. The number of carbonyl (C=O) groups is 1. The number of aryl methyl sites for hydroxylation is 2. The predicted molar refractivity (Wildman–Crippen MR) is 103 cm³/mol. The van der Waals surface area contributed by atoms with Crippen molar-refractivity contribution in [3.63, 3.8) is 0 Å². The van der Waals surface area contributed by atoms with Crippen molar-refractivity contribution in [3.8, 4) is 11.5 Å². The molecular weight excluding hydrogens is 379 g/mol. The quantitative estimate of drug-likeness (QED) is 0.550. The number of fused-ring (bicyclic) bond motifs is 1. The lowest BCUT2D eigenvalue weighted by Gasteiger charge is -2.10. The van der Waals surface area contributed by atoms with Gasteiger partial charge in [0.1, 0.15) is 11.3 Å². The van der Waals surface area contributed by atoms with Crippen LogP contribution in [-0.2, 0) is 7.05 Å². The Balaban J connectivity index is 1.58. The van der Waals surface area contributed by atoms with Crippen LogP contribution in [0.3, 0.4) is 0 Å². The normalized spacial score (nSPS) is 10.9. The highest BCUT2D eigenvalue weighted by Crippen LogP contribution is 2.32. The zero-order valence-corrected chi connectivity index (χ0v) is 15.4. The predicted octanol–water partition coefficient (Wildman–Crippen LogP) is 2.54. The molecule has 0 saturated carbocycles. The maximum atomic E-state index is 14.6. The Morgan fingerprint density at radius 2 is 2.03 bits per heavy atom. The van der Waals surface area contributed by atoms with Gasteiger partial charge < -0.3 is 10.1 Å². The highest BCUT2D eigenvalue weighted by Gasteiger charge is 2.15. The molecule has 2 N–H and O–H groups in total. The number of rotatable bonds is 4. The Morgan fingerprint density at radius 1 is 1.21 bits per heavy atom. The van der Waals surface area contributed by atoms with Gasteiger partial charge in [0, 0.05) is 36.9 Å². The Morgan fingerprint density at radius 3 is 2.83 bits per heavy atom. The van der Waals surface area contributed by atoms with E-state index in [2.05, 4.69) is 25.6 Å². The van der Waals surface area contributed by atoms with E-state index in [4.69, 9.17) is 4.74 Å². The summed E-state index contributed by atoms with van der Waals surface area (Å²) in [5, 5.41) is 13.7. The number of pyridine rings is 1. The van der Waals surface area contributed by atoms with Crippen LogP contribution in [-0.4, -0.2) is 30.9 Å². The van der Waals surface area contributed by atoms with Crippen molar-refractivity contribution in [1.29, 1.82) is 0 Å². The van der Waals surface area contributed by atoms with Gasteiger partial charge in [-0.2, -0.15) is 10.2 Å². The second kappa shape index (κ2) is 7.15. The van der Waals surface area contributed by atoms with Gasteiger partial charge in [0.15, 0.2) is 17.2 Å². The molecule has 146 valence electrons. The first kappa shape index (κ1) is 18.3. The van der Waals surface area contributed by atoms with Gasteiger partial charge in [0.2, 0.25) is 0 Å². The van der Waals surface area contributed by atoms with Crippen molar-refractivity contribution in [2.45, 2.75) is 6.92 Å². The third kappa shape index (κ3) is 3.43. The first-order valence-corrected chi connectivity index (χ1v) is 8.55. The summed E-state index contributed by atoms with van der Waals surface area (Å²) < 4.78 is 21.3. The smallest absolute Gasteiger partial charge is 0.279 e. The first-order valence-electron chi connectivity index (χ1n) is 8.55. The molecule has 4 aromatic rings. The maximum Gasteiger partial charge on any atom is 0.279 e. The van der Waals surface area contributed by atoms with Gasteiger partial charge in [-0.1, -0.05) is 0 Å². The lowest BCUT2D eigenvalue weighted by atomic mass is 10.2. The Kier molecular flexibility index (Phi) is 4.51. The zero-order chi connectivity index (χ0) is 20.5. The molecule has 0 fully saturated rings. The standard InChI is InChI=1S/C19H15FN6O3/c1-10-16-15(6-7-21-17(16)25-24-10)29-14-4-3-11(9-13(14)20)23-18(27)12-5-8-22-26(2)19(12)28/h3-9H,1-2H3,(H,23,27)(H,21,24,25). The molecule has 4 rings (SSSR count). The second-order valence-electron chi connectivity index (χ2n) is 6.23. The molecule has 0 spiro atoms. The summed E-state index contributed by atoms with van der Waals surface area (Å²) in [6, 6.07) is 6.88. The average Bonchev–Trinajstić information content (AvgIpc) is 3.08. The number of anilines is 1. The van der Waals surface area contributed by atoms with Gasteiger partial charge in [0.25, 0.3) is 11.5 Å². The summed E-state index contributed by atoms with van der Waals surface area (Å²) in [5.74, 6) is -0.976. The SMILES string of the molecule is Cc1[nH]nc2nccc(Oc3ccc(NC(=O)c4ccnn(C)c4=O)cc3F)c12. The van der Waals surface area contributed by atoms with Crippen LogP contribution in [0.25, 0.3) is 11.0 Å². The lowest BCUT2D eigenvalue weighted by molar-refractivity contribution is 0.102. The summed E-state index contributed by atoms with van der Waals surface area (Å²) in [5.41, 5.74) is 0.730. The number of aromatic amines is 1. The van der Waals surface area contributed by atoms with Crippen LogP contribution in [0.15, 0.2) is 47.5 Å². The Hall–Kier alpha value is -4.08. The van der Waals surface area contributed by atoms with Gasteiger partial charge >= 0.3 is 0 Å². The van der Waals surface area contributed by atoms with Crippen LogP contribution < -0.4 is 15.6 Å². The van der Waals surface area contributed by atoms with E-state index < -0.39 is 17.3 Å². The summed E-state index contributed by atoms with van der Waals surface area (Å²) in [6.45, 7) is 1.81. The van der Waals surface area contributed by atoms with E-state index in [-0.39, 0.29) is 17.0 Å². The highest BCUT2D eigenvalue weighted by molar-refractivity contribution is 6.03. The van der Waals surface area contributed by atoms with Crippen LogP contribution in [0.4, 0.5) is 10.1 Å². The molecule has 0 atom stereocenters. The molecule has 29 heavy (non-hydrogen) atoms. The van der Waals surface area contributed by atoms with E-state index in [0.29, 0.717) is 16.8 Å². The number of aromatic nitrogens is 5. The van der Waals surface area contributed by atoms with Gasteiger partial charge in [-0.3, -0.25) is 14.7 Å². The fraction of sp³-hybridized carbons (Fsp3) is 0.105. The van der Waals surface area contributed by atoms with Crippen molar-refractivity contribution < 1.29 is 13.9 Å². The molecule has 10 heteroatoms. The van der Waals surface area contributed by atoms with E-state index in [1.807, 2.05) is 6.92 Å². The van der Waals surface area contributed by atoms with Crippen LogP contribution in [0, 0.1) is 12.7 Å². The highest BCUT2D eigenvalue weighted by atomic mass is 19.1. The van der Waals surface area contributed by atoms with E-state index in [9.17, 15) is 14.0 Å². The molecule has 0 bridgehead atoms. The lowest BCUT2D eigenvalue weighted by Crippen LogP contribution is -2.28. The molecule has 0 aliphatic heterocycles. The van der Waals surface area contributed by atoms with Crippen molar-refractivity contribution in [1.82, 2.24) is 25.0 Å². The number of benzene rings is 1. The molecule has 0 aliphatic carbocycles. The fourth-order valence-electron chi connectivity index (χ4n) is 2.81. The number of nitrogens with one attached hydrogen (secondary N) is 2. The summed E-state index contributed by atoms with van der Waals surface area (Å²) in [4.78, 5) is 28.4. The summed E-state index contributed by atoms with van der Waals surface area (Å²) >= 11 is 0. The second-order valence-corrected chi connectivity index (χ2v) is 6.23. The van der Waals surface area contributed by atoms with Crippen molar-refractivity contribution in [2.24, 2.45) is 7.05 Å². The van der Waals surface area contributed by atoms with E-state index in [0.717, 1.165) is 16.4 Å². The van der Waals surface area contributed by atoms with E-state index in [1.54, 1.807) is 6.07 Å². The number of hydrogen-bond donors (Lipinski definition) is 2. The minimum Gasteiger partial charge on any atom is -0.453 e. The number of carbonyl (C=O) groups excluding carboxylic acids is 1. The van der Waals surface area contributed by atoms with Crippen LogP contribution in [0.1, 0.15) is 16.1 Å². The van der Waals surface area contributed by atoms with Gasteiger partial charge in [-0.15, -0.1) is 0 Å². The summed E-state index contributed by atoms with van der Waals surface area (Å²) in [6.07, 6.45) is 2.85. The third-order valence-electron chi connectivity index (χ3n) is 4.26. The minimum absolute atomic E-state index is 0.0316. The van der Waals surface area contributed by atoms with Crippen LogP contribution in [0.2, 0.25) is 0 Å². The third-order valence-corrected chi connectivity index (χ3v) is 4.26. The van der Waals surface area contributed by atoms with Crippen molar-refractivity contribution in [3.05, 3.63) is 70.2 Å². The summed E-state index contributed by atoms with van der Waals surface area (Å²) in [7, 11) is 1.43. The van der Waals surface area contributed by atoms with Gasteiger partial charge in [0.05, 0.1) is 5.39 Å². The average molecular weight is 394 g/mol. The van der Waals surface area contributed by atoms with Crippen LogP contribution >= 0.6 is 0 Å². The maximum absolute atomic E-state index is 14.6. The molecule has 3 heterocycles. The molecule has 3 aromatic heterocycles. The zero-order valence-electron chi connectivity index (χ0n) is 15.4.